The van der Waals surface area contributed by atoms with Crippen LogP contribution in [0.2, 0.25) is 0 Å². The van der Waals surface area contributed by atoms with E-state index in [4.69, 9.17) is 10.6 Å². The molecule has 0 atom stereocenters. The van der Waals surface area contributed by atoms with Crippen molar-refractivity contribution in [3.05, 3.63) is 18.5 Å². The number of nitrogen functional groups attached to an aromatic ring is 1. The molecule has 0 aromatic carbocycles. The van der Waals surface area contributed by atoms with Crippen LogP contribution in [0.15, 0.2) is 23.4 Å². The summed E-state index contributed by atoms with van der Waals surface area (Å²) in [4.78, 5) is 3.94. The molecule has 0 bridgehead atoms. The van der Waals surface area contributed by atoms with Gasteiger partial charge < -0.3 is 10.2 Å². The lowest BCUT2D eigenvalue weighted by Crippen LogP contribution is -2.34. The van der Waals surface area contributed by atoms with Crippen LogP contribution in [0.1, 0.15) is 6.42 Å². The number of pyridine rings is 1. The van der Waals surface area contributed by atoms with Crippen LogP contribution >= 0.6 is 0 Å². The zero-order valence-electron chi connectivity index (χ0n) is 9.87. The first kappa shape index (κ1) is 13.2. The Hall–Kier alpha value is -1.22. The monoisotopic (exact) mass is 272 g/mol. The highest BCUT2D eigenvalue weighted by Crippen LogP contribution is 2.23. The predicted molar refractivity (Wildman–Crippen MR) is 66.2 cm³/mol. The van der Waals surface area contributed by atoms with E-state index in [1.54, 1.807) is 0 Å². The molecule has 2 rings (SSSR count). The van der Waals surface area contributed by atoms with Gasteiger partial charge in [0.25, 0.3) is 0 Å². The van der Waals surface area contributed by atoms with Crippen LogP contribution in [0.3, 0.4) is 0 Å². The van der Waals surface area contributed by atoms with Crippen molar-refractivity contribution in [2.45, 2.75) is 11.3 Å². The number of nitrogens with zero attached hydrogens (tertiary/aromatic N) is 2. The van der Waals surface area contributed by atoms with Gasteiger partial charge in [-0.05, 0) is 12.5 Å². The van der Waals surface area contributed by atoms with E-state index in [9.17, 15) is 8.42 Å². The van der Waals surface area contributed by atoms with Crippen molar-refractivity contribution < 1.29 is 13.2 Å². The Bertz CT molecular complexity index is 498. The van der Waals surface area contributed by atoms with E-state index in [-0.39, 0.29) is 4.90 Å². The minimum atomic E-state index is -3.58. The molecule has 8 heteroatoms. The van der Waals surface area contributed by atoms with E-state index in [1.807, 2.05) is 0 Å². The molecule has 1 aliphatic rings. The summed E-state index contributed by atoms with van der Waals surface area (Å²) in [5, 5.41) is 0. The molecular weight excluding hydrogens is 256 g/mol. The van der Waals surface area contributed by atoms with Crippen LogP contribution in [0, 0.1) is 0 Å². The van der Waals surface area contributed by atoms with Crippen LogP contribution in [0.5, 0.6) is 0 Å². The Kier molecular flexibility index (Phi) is 4.12. The highest BCUT2D eigenvalue weighted by Gasteiger charge is 2.27. The third-order valence-electron chi connectivity index (χ3n) is 2.74. The Morgan fingerprint density at radius 3 is 3.00 bits per heavy atom. The fourth-order valence-electron chi connectivity index (χ4n) is 1.81. The molecule has 1 aromatic heterocycles. The van der Waals surface area contributed by atoms with Crippen LogP contribution in [0.25, 0.3) is 0 Å². The minimum Gasteiger partial charge on any atom is -0.380 e. The molecule has 7 nitrogen and oxygen atoms in total. The summed E-state index contributed by atoms with van der Waals surface area (Å²) >= 11 is 0. The van der Waals surface area contributed by atoms with E-state index in [0.717, 1.165) is 0 Å². The molecule has 100 valence electrons. The van der Waals surface area contributed by atoms with Crippen molar-refractivity contribution >= 4 is 15.7 Å². The second-order valence-corrected chi connectivity index (χ2v) is 5.79. The molecule has 1 aliphatic heterocycles. The lowest BCUT2D eigenvalue weighted by Gasteiger charge is -2.20. The maximum atomic E-state index is 12.5. The van der Waals surface area contributed by atoms with Gasteiger partial charge in [0.15, 0.2) is 0 Å². The maximum Gasteiger partial charge on any atom is 0.246 e. The standard InChI is InChI=1S/C10H16N4O3S/c11-13-9-2-3-12-8-10(9)18(15,16)14-4-1-6-17-7-5-14/h2-3,8H,1,4-7,11H2,(H,12,13). The van der Waals surface area contributed by atoms with E-state index < -0.39 is 10.0 Å². The number of hydrogen-bond acceptors (Lipinski definition) is 6. The number of hydrogen-bond donors (Lipinski definition) is 2. The number of aromatic nitrogens is 1. The molecule has 0 radical (unpaired) electrons. The number of anilines is 1. The van der Waals surface area contributed by atoms with Crippen LogP contribution in [0.4, 0.5) is 5.69 Å². The molecule has 0 unspecified atom stereocenters. The molecular formula is C10H16N4O3S. The van der Waals surface area contributed by atoms with Crippen molar-refractivity contribution in [2.75, 3.05) is 31.7 Å². The lowest BCUT2D eigenvalue weighted by atomic mass is 10.4. The van der Waals surface area contributed by atoms with Crippen LogP contribution < -0.4 is 11.3 Å². The van der Waals surface area contributed by atoms with Gasteiger partial charge in [-0.2, -0.15) is 4.31 Å². The number of sulfonamides is 1. The highest BCUT2D eigenvalue weighted by atomic mass is 32.2. The Morgan fingerprint density at radius 2 is 2.22 bits per heavy atom. The van der Waals surface area contributed by atoms with Gasteiger partial charge in [0.2, 0.25) is 10.0 Å². The summed E-state index contributed by atoms with van der Waals surface area (Å²) in [5.41, 5.74) is 2.72. The van der Waals surface area contributed by atoms with E-state index in [0.29, 0.717) is 38.4 Å². The number of nitrogens with two attached hydrogens (primary N) is 1. The molecule has 0 saturated carbocycles. The molecule has 1 saturated heterocycles. The Labute approximate surface area is 106 Å². The summed E-state index contributed by atoms with van der Waals surface area (Å²) in [6.07, 6.45) is 3.47. The first-order chi connectivity index (χ1) is 8.66. The van der Waals surface area contributed by atoms with Crippen molar-refractivity contribution in [1.82, 2.24) is 9.29 Å². The maximum absolute atomic E-state index is 12.5. The third kappa shape index (κ3) is 2.61. The van der Waals surface area contributed by atoms with Gasteiger partial charge in [-0.25, -0.2) is 8.42 Å². The zero-order chi connectivity index (χ0) is 13.0. The SMILES string of the molecule is NNc1ccncc1S(=O)(=O)N1CCCOCC1. The van der Waals surface area contributed by atoms with Crippen molar-refractivity contribution in [3.63, 3.8) is 0 Å². The predicted octanol–water partition coefficient (Wildman–Crippen LogP) is -0.222. The third-order valence-corrected chi connectivity index (χ3v) is 4.67. The fraction of sp³-hybridized carbons (Fsp3) is 0.500. The largest absolute Gasteiger partial charge is 0.380 e. The first-order valence-electron chi connectivity index (χ1n) is 5.65. The molecule has 0 spiro atoms. The number of hydrazine groups is 1. The van der Waals surface area contributed by atoms with Crippen molar-refractivity contribution in [3.8, 4) is 0 Å². The molecule has 1 aromatic rings. The highest BCUT2D eigenvalue weighted by molar-refractivity contribution is 7.89. The molecule has 0 aliphatic carbocycles. The number of rotatable bonds is 3. The average Bonchev–Trinajstić information content (AvgIpc) is 2.68. The van der Waals surface area contributed by atoms with Crippen LogP contribution in [-0.4, -0.2) is 44.0 Å². The fourth-order valence-corrected chi connectivity index (χ4v) is 3.37. The van der Waals surface area contributed by atoms with Crippen molar-refractivity contribution in [2.24, 2.45) is 5.84 Å². The normalized spacial score (nSPS) is 18.3. The van der Waals surface area contributed by atoms with E-state index in [2.05, 4.69) is 10.4 Å². The molecule has 3 N–H and O–H groups in total. The van der Waals surface area contributed by atoms with Gasteiger partial charge >= 0.3 is 0 Å². The zero-order valence-corrected chi connectivity index (χ0v) is 10.7. The van der Waals surface area contributed by atoms with Gasteiger partial charge in [0, 0.05) is 32.1 Å². The molecule has 1 fully saturated rings. The number of nitrogens with one attached hydrogen (secondary N) is 1. The summed E-state index contributed by atoms with van der Waals surface area (Å²) in [7, 11) is -3.58. The van der Waals surface area contributed by atoms with Gasteiger partial charge in [0.05, 0.1) is 12.3 Å². The van der Waals surface area contributed by atoms with Gasteiger partial charge in [-0.3, -0.25) is 10.8 Å². The summed E-state index contributed by atoms with van der Waals surface area (Å²) in [6, 6.07) is 1.53. The van der Waals surface area contributed by atoms with E-state index >= 15 is 0 Å². The lowest BCUT2D eigenvalue weighted by molar-refractivity contribution is 0.148. The van der Waals surface area contributed by atoms with Gasteiger partial charge in [-0.15, -0.1) is 0 Å². The van der Waals surface area contributed by atoms with Crippen molar-refractivity contribution in [1.29, 1.82) is 0 Å². The second-order valence-electron chi connectivity index (χ2n) is 3.89. The van der Waals surface area contributed by atoms with Crippen LogP contribution in [-0.2, 0) is 14.8 Å². The topological polar surface area (TPSA) is 97.5 Å². The minimum absolute atomic E-state index is 0.0920. The Balaban J connectivity index is 2.34. The molecule has 2 heterocycles. The quantitative estimate of drug-likeness (QED) is 0.583. The first-order valence-corrected chi connectivity index (χ1v) is 7.09. The summed E-state index contributed by atoms with van der Waals surface area (Å²) < 4.78 is 31.6. The van der Waals surface area contributed by atoms with E-state index in [1.165, 1.54) is 22.8 Å². The second kappa shape index (κ2) is 5.61. The Morgan fingerprint density at radius 1 is 1.39 bits per heavy atom. The number of ether oxygens (including phenoxy) is 1. The summed E-state index contributed by atoms with van der Waals surface area (Å²) in [5.74, 6) is 5.32. The summed E-state index contributed by atoms with van der Waals surface area (Å²) in [6.45, 7) is 1.79. The average molecular weight is 272 g/mol. The molecule has 18 heavy (non-hydrogen) atoms. The van der Waals surface area contributed by atoms with Gasteiger partial charge in [0.1, 0.15) is 4.90 Å². The van der Waals surface area contributed by atoms with Gasteiger partial charge in [-0.1, -0.05) is 0 Å². The smallest absolute Gasteiger partial charge is 0.246 e. The molecule has 0 amide bonds.